The third-order valence-electron chi connectivity index (χ3n) is 3.70. The summed E-state index contributed by atoms with van der Waals surface area (Å²) >= 11 is 1.08. The van der Waals surface area contributed by atoms with Gasteiger partial charge in [-0.15, -0.1) is 0 Å². The number of carboxylic acid groups (broad SMARTS) is 1. The summed E-state index contributed by atoms with van der Waals surface area (Å²) in [6, 6.07) is 13.9. The van der Waals surface area contributed by atoms with Crippen LogP contribution in [-0.2, 0) is 9.59 Å². The smallest absolute Gasteiger partial charge is 0.307 e. The van der Waals surface area contributed by atoms with Crippen molar-refractivity contribution in [3.8, 4) is 0 Å². The molecule has 0 spiro atoms. The molecule has 0 aliphatic carbocycles. The Kier molecular flexibility index (Phi) is 5.02. The SMILES string of the molecule is CC(=O)SC[C@@H](C(=O)O)[C@H](C)c1cccc2ccccc12. The average Bonchev–Trinajstić information content (AvgIpc) is 2.46. The Morgan fingerprint density at radius 3 is 2.48 bits per heavy atom. The minimum atomic E-state index is -0.857. The van der Waals surface area contributed by atoms with Crippen molar-refractivity contribution in [2.24, 2.45) is 5.92 Å². The van der Waals surface area contributed by atoms with Crippen molar-refractivity contribution in [3.05, 3.63) is 48.0 Å². The molecule has 0 unspecified atom stereocenters. The molecule has 3 nitrogen and oxygen atoms in total. The molecule has 2 aromatic carbocycles. The number of hydrogen-bond donors (Lipinski definition) is 1. The van der Waals surface area contributed by atoms with Crippen molar-refractivity contribution < 1.29 is 14.7 Å². The van der Waals surface area contributed by atoms with E-state index in [1.54, 1.807) is 0 Å². The Hall–Kier alpha value is -1.81. The van der Waals surface area contributed by atoms with Crippen LogP contribution in [0.4, 0.5) is 0 Å². The van der Waals surface area contributed by atoms with Gasteiger partial charge in [-0.25, -0.2) is 0 Å². The fourth-order valence-corrected chi connectivity index (χ4v) is 3.35. The van der Waals surface area contributed by atoms with Crippen LogP contribution in [0.3, 0.4) is 0 Å². The van der Waals surface area contributed by atoms with E-state index in [2.05, 4.69) is 0 Å². The van der Waals surface area contributed by atoms with Gasteiger partial charge in [-0.3, -0.25) is 9.59 Å². The number of carbonyl (C=O) groups is 2. The van der Waals surface area contributed by atoms with Crippen molar-refractivity contribution in [1.29, 1.82) is 0 Å². The summed E-state index contributed by atoms with van der Waals surface area (Å²) in [5, 5.41) is 11.6. The molecule has 0 radical (unpaired) electrons. The van der Waals surface area contributed by atoms with E-state index >= 15 is 0 Å². The van der Waals surface area contributed by atoms with Gasteiger partial charge in [-0.05, 0) is 22.3 Å². The largest absolute Gasteiger partial charge is 0.481 e. The summed E-state index contributed by atoms with van der Waals surface area (Å²) in [6.45, 7) is 3.38. The molecule has 4 heteroatoms. The molecular formula is C17H18O3S. The van der Waals surface area contributed by atoms with Crippen LogP contribution < -0.4 is 0 Å². The highest BCUT2D eigenvalue weighted by Crippen LogP contribution is 2.32. The quantitative estimate of drug-likeness (QED) is 0.909. The predicted molar refractivity (Wildman–Crippen MR) is 86.6 cm³/mol. The second-order valence-corrected chi connectivity index (χ2v) is 6.30. The van der Waals surface area contributed by atoms with E-state index in [9.17, 15) is 14.7 Å². The van der Waals surface area contributed by atoms with E-state index in [4.69, 9.17) is 0 Å². The Morgan fingerprint density at radius 2 is 1.81 bits per heavy atom. The van der Waals surface area contributed by atoms with Crippen LogP contribution in [0.5, 0.6) is 0 Å². The third-order valence-corrected chi connectivity index (χ3v) is 4.63. The molecule has 0 aliphatic heterocycles. The lowest BCUT2D eigenvalue weighted by Gasteiger charge is -2.21. The molecule has 0 fully saturated rings. The second kappa shape index (κ2) is 6.76. The molecule has 2 aromatic rings. The van der Waals surface area contributed by atoms with Crippen LogP contribution in [-0.4, -0.2) is 21.9 Å². The highest BCUT2D eigenvalue weighted by molar-refractivity contribution is 8.13. The lowest BCUT2D eigenvalue weighted by atomic mass is 9.86. The van der Waals surface area contributed by atoms with Gasteiger partial charge in [0.15, 0.2) is 5.12 Å². The van der Waals surface area contributed by atoms with Gasteiger partial charge < -0.3 is 5.11 Å². The first kappa shape index (κ1) is 15.6. The molecule has 2 rings (SSSR count). The summed E-state index contributed by atoms with van der Waals surface area (Å²) in [4.78, 5) is 22.7. The van der Waals surface area contributed by atoms with Gasteiger partial charge in [0.1, 0.15) is 0 Å². The van der Waals surface area contributed by atoms with Crippen molar-refractivity contribution in [3.63, 3.8) is 0 Å². The maximum atomic E-state index is 11.5. The number of rotatable bonds is 5. The molecule has 2 atom stereocenters. The molecule has 0 saturated heterocycles. The Morgan fingerprint density at radius 1 is 1.14 bits per heavy atom. The number of fused-ring (bicyclic) bond motifs is 1. The molecule has 110 valence electrons. The van der Waals surface area contributed by atoms with E-state index in [0.717, 1.165) is 28.1 Å². The maximum absolute atomic E-state index is 11.5. The predicted octanol–water partition coefficient (Wildman–Crippen LogP) is 3.92. The topological polar surface area (TPSA) is 54.4 Å². The summed E-state index contributed by atoms with van der Waals surface area (Å²) < 4.78 is 0. The number of hydrogen-bond acceptors (Lipinski definition) is 3. The molecular weight excluding hydrogens is 284 g/mol. The molecule has 21 heavy (non-hydrogen) atoms. The number of thioether (sulfide) groups is 1. The Balaban J connectivity index is 2.36. The zero-order valence-corrected chi connectivity index (χ0v) is 12.9. The molecule has 0 aromatic heterocycles. The number of carboxylic acids is 1. The summed E-state index contributed by atoms with van der Waals surface area (Å²) in [7, 11) is 0. The van der Waals surface area contributed by atoms with E-state index in [0.29, 0.717) is 5.75 Å². The van der Waals surface area contributed by atoms with Crippen molar-refractivity contribution in [2.75, 3.05) is 5.75 Å². The lowest BCUT2D eigenvalue weighted by Crippen LogP contribution is -2.23. The Bertz CT molecular complexity index is 661. The highest BCUT2D eigenvalue weighted by Gasteiger charge is 2.27. The van der Waals surface area contributed by atoms with E-state index in [1.165, 1.54) is 6.92 Å². The van der Waals surface area contributed by atoms with Crippen LogP contribution in [0.25, 0.3) is 10.8 Å². The zero-order chi connectivity index (χ0) is 15.4. The molecule has 0 heterocycles. The van der Waals surface area contributed by atoms with Crippen LogP contribution in [0.15, 0.2) is 42.5 Å². The van der Waals surface area contributed by atoms with Crippen LogP contribution in [0.2, 0.25) is 0 Å². The van der Waals surface area contributed by atoms with Crippen LogP contribution >= 0.6 is 11.8 Å². The van der Waals surface area contributed by atoms with Crippen LogP contribution in [0, 0.1) is 5.92 Å². The summed E-state index contributed by atoms with van der Waals surface area (Å²) in [5.74, 6) is -1.29. The fraction of sp³-hybridized carbons (Fsp3) is 0.294. The van der Waals surface area contributed by atoms with E-state index < -0.39 is 11.9 Å². The van der Waals surface area contributed by atoms with Gasteiger partial charge in [-0.1, -0.05) is 61.2 Å². The first-order chi connectivity index (χ1) is 10.0. The second-order valence-electron chi connectivity index (χ2n) is 5.10. The Labute approximate surface area is 128 Å². The van der Waals surface area contributed by atoms with Gasteiger partial charge in [0.05, 0.1) is 5.92 Å². The summed E-state index contributed by atoms with van der Waals surface area (Å²) in [5.41, 5.74) is 1.02. The highest BCUT2D eigenvalue weighted by atomic mass is 32.2. The van der Waals surface area contributed by atoms with Crippen LogP contribution in [0.1, 0.15) is 25.3 Å². The zero-order valence-electron chi connectivity index (χ0n) is 12.1. The molecule has 0 amide bonds. The van der Waals surface area contributed by atoms with Crippen molar-refractivity contribution in [2.45, 2.75) is 19.8 Å². The fourth-order valence-electron chi connectivity index (χ4n) is 2.50. The standard InChI is InChI=1S/C17H18O3S/c1-11(16(17(19)20)10-21-12(2)18)14-9-5-7-13-6-3-4-8-15(13)14/h3-9,11,16H,10H2,1-2H3,(H,19,20)/t11-,16-/m1/s1. The summed E-state index contributed by atoms with van der Waals surface area (Å²) in [6.07, 6.45) is 0. The normalized spacial score (nSPS) is 13.8. The maximum Gasteiger partial charge on any atom is 0.307 e. The number of benzene rings is 2. The van der Waals surface area contributed by atoms with E-state index in [-0.39, 0.29) is 11.0 Å². The average molecular weight is 302 g/mol. The first-order valence-corrected chi connectivity index (χ1v) is 7.83. The van der Waals surface area contributed by atoms with Crippen molar-refractivity contribution in [1.82, 2.24) is 0 Å². The molecule has 0 aliphatic rings. The van der Waals surface area contributed by atoms with Gasteiger partial charge in [0.2, 0.25) is 0 Å². The lowest BCUT2D eigenvalue weighted by molar-refractivity contribution is -0.141. The third kappa shape index (κ3) is 3.64. The van der Waals surface area contributed by atoms with Gasteiger partial charge in [0, 0.05) is 12.7 Å². The molecule has 0 saturated carbocycles. The number of aliphatic carboxylic acids is 1. The minimum absolute atomic E-state index is 0.0497. The van der Waals surface area contributed by atoms with Gasteiger partial charge >= 0.3 is 5.97 Å². The first-order valence-electron chi connectivity index (χ1n) is 6.84. The van der Waals surface area contributed by atoms with E-state index in [1.807, 2.05) is 49.4 Å². The van der Waals surface area contributed by atoms with Gasteiger partial charge in [-0.2, -0.15) is 0 Å². The number of carbonyl (C=O) groups excluding carboxylic acids is 1. The molecule has 1 N–H and O–H groups in total. The van der Waals surface area contributed by atoms with Gasteiger partial charge in [0.25, 0.3) is 0 Å². The van der Waals surface area contributed by atoms with Crippen molar-refractivity contribution >= 4 is 33.6 Å². The minimum Gasteiger partial charge on any atom is -0.481 e. The monoisotopic (exact) mass is 302 g/mol. The molecule has 0 bridgehead atoms.